The normalized spacial score (nSPS) is 22.8. The minimum Gasteiger partial charge on any atom is -0.396 e. The van der Waals surface area contributed by atoms with Gasteiger partial charge in [-0.15, -0.1) is 11.3 Å². The molecule has 1 heterocycles. The molecule has 108 valence electrons. The first kappa shape index (κ1) is 14.7. The van der Waals surface area contributed by atoms with Crippen molar-refractivity contribution in [1.82, 2.24) is 0 Å². The largest absolute Gasteiger partial charge is 0.396 e. The maximum atomic E-state index is 11.5. The van der Waals surface area contributed by atoms with E-state index in [0.717, 1.165) is 18.8 Å². The highest BCUT2D eigenvalue weighted by molar-refractivity contribution is 7.17. The molecule has 2 unspecified atom stereocenters. The number of hydrogen-bond acceptors (Lipinski definition) is 5. The number of nitrogens with one attached hydrogen (secondary N) is 1. The fourth-order valence-electron chi connectivity index (χ4n) is 2.69. The molecule has 1 amide bonds. The Morgan fingerprint density at radius 1 is 1.40 bits per heavy atom. The summed E-state index contributed by atoms with van der Waals surface area (Å²) in [6.45, 7) is 2.27. The minimum absolute atomic E-state index is 0.203. The fraction of sp³-hybridized carbons (Fsp3) is 0.571. The lowest BCUT2D eigenvalue weighted by Crippen LogP contribution is -2.21. The molecule has 0 aliphatic heterocycles. The molecule has 1 aliphatic rings. The van der Waals surface area contributed by atoms with Gasteiger partial charge in [-0.1, -0.05) is 19.8 Å². The quantitative estimate of drug-likeness (QED) is 0.745. The van der Waals surface area contributed by atoms with Crippen LogP contribution in [0.1, 0.15) is 54.3 Å². The lowest BCUT2D eigenvalue weighted by atomic mass is 10.0. The Morgan fingerprint density at radius 2 is 2.15 bits per heavy atom. The Labute approximate surface area is 122 Å². The molecule has 20 heavy (non-hydrogen) atoms. The second-order valence-electron chi connectivity index (χ2n) is 5.48. The molecule has 0 radical (unpaired) electrons. The molecule has 1 fully saturated rings. The third-order valence-electron chi connectivity index (χ3n) is 3.89. The standard InChI is InChI=1S/C14H20N4OS/c1-8-3-2-4-9(6-5-8)18-14-11(13(17)19)12(16)10(7-15)20-14/h8-9,18H,2-6,16H2,1H3,(H2,17,19). The van der Waals surface area contributed by atoms with E-state index in [1.54, 1.807) is 0 Å². The molecule has 2 atom stereocenters. The summed E-state index contributed by atoms with van der Waals surface area (Å²) in [5, 5.41) is 13.0. The van der Waals surface area contributed by atoms with E-state index in [-0.39, 0.29) is 11.3 Å². The van der Waals surface area contributed by atoms with Gasteiger partial charge in [0.25, 0.3) is 5.91 Å². The zero-order valence-corrected chi connectivity index (χ0v) is 12.4. The highest BCUT2D eigenvalue weighted by Crippen LogP contribution is 2.36. The van der Waals surface area contributed by atoms with Gasteiger partial charge in [0.05, 0.1) is 11.3 Å². The van der Waals surface area contributed by atoms with Crippen molar-refractivity contribution in [2.24, 2.45) is 11.7 Å². The highest BCUT2D eigenvalue weighted by Gasteiger charge is 2.23. The number of rotatable bonds is 3. The van der Waals surface area contributed by atoms with Gasteiger partial charge in [-0.25, -0.2) is 0 Å². The summed E-state index contributed by atoms with van der Waals surface area (Å²) in [5.41, 5.74) is 11.7. The minimum atomic E-state index is -0.579. The van der Waals surface area contributed by atoms with Crippen molar-refractivity contribution in [3.63, 3.8) is 0 Å². The van der Waals surface area contributed by atoms with Gasteiger partial charge in [0.1, 0.15) is 15.9 Å². The zero-order valence-electron chi connectivity index (χ0n) is 11.6. The number of hydrogen-bond donors (Lipinski definition) is 3. The molecule has 5 nitrogen and oxygen atoms in total. The third kappa shape index (κ3) is 3.05. The third-order valence-corrected chi connectivity index (χ3v) is 4.93. The molecule has 1 saturated carbocycles. The molecule has 1 aliphatic carbocycles. The van der Waals surface area contributed by atoms with Crippen molar-refractivity contribution in [3.8, 4) is 6.07 Å². The molecule has 1 aromatic rings. The number of nitriles is 1. The number of nitrogen functional groups attached to an aromatic ring is 1. The summed E-state index contributed by atoms with van der Waals surface area (Å²) < 4.78 is 0. The summed E-state index contributed by atoms with van der Waals surface area (Å²) in [6.07, 6.45) is 5.74. The number of amides is 1. The molecular formula is C14H20N4OS. The number of thiophene rings is 1. The van der Waals surface area contributed by atoms with Gasteiger partial charge < -0.3 is 16.8 Å². The van der Waals surface area contributed by atoms with E-state index in [0.29, 0.717) is 15.9 Å². The SMILES string of the molecule is CC1CCCC(Nc2sc(C#N)c(N)c2C(N)=O)CC1. The van der Waals surface area contributed by atoms with Crippen LogP contribution in [0.4, 0.5) is 10.7 Å². The molecule has 0 saturated heterocycles. The Bertz CT molecular complexity index is 546. The van der Waals surface area contributed by atoms with Crippen molar-refractivity contribution in [2.75, 3.05) is 11.1 Å². The van der Waals surface area contributed by atoms with Gasteiger partial charge >= 0.3 is 0 Å². The number of nitrogens with two attached hydrogens (primary N) is 2. The summed E-state index contributed by atoms with van der Waals surface area (Å²) in [4.78, 5) is 11.9. The number of carbonyl (C=O) groups is 1. The summed E-state index contributed by atoms with van der Waals surface area (Å²) in [5.74, 6) is 0.172. The Morgan fingerprint density at radius 3 is 2.80 bits per heavy atom. The van der Waals surface area contributed by atoms with Crippen LogP contribution in [0.2, 0.25) is 0 Å². The molecule has 0 bridgehead atoms. The number of primary amides is 1. The topological polar surface area (TPSA) is 105 Å². The fourth-order valence-corrected chi connectivity index (χ4v) is 3.69. The van der Waals surface area contributed by atoms with E-state index in [2.05, 4.69) is 12.2 Å². The van der Waals surface area contributed by atoms with Crippen LogP contribution in [0.25, 0.3) is 0 Å². The summed E-state index contributed by atoms with van der Waals surface area (Å²) >= 11 is 1.22. The lowest BCUT2D eigenvalue weighted by Gasteiger charge is -2.17. The predicted molar refractivity (Wildman–Crippen MR) is 81.6 cm³/mol. The first-order valence-electron chi connectivity index (χ1n) is 6.91. The average Bonchev–Trinajstić information content (AvgIpc) is 2.56. The van der Waals surface area contributed by atoms with Crippen molar-refractivity contribution in [2.45, 2.75) is 45.1 Å². The van der Waals surface area contributed by atoms with Crippen LogP contribution in [-0.2, 0) is 0 Å². The van der Waals surface area contributed by atoms with E-state index in [1.807, 2.05) is 6.07 Å². The smallest absolute Gasteiger partial charge is 0.253 e. The Kier molecular flexibility index (Phi) is 4.50. The zero-order chi connectivity index (χ0) is 14.7. The van der Waals surface area contributed by atoms with Gasteiger partial charge in [-0.3, -0.25) is 4.79 Å². The van der Waals surface area contributed by atoms with E-state index in [1.165, 1.54) is 30.6 Å². The van der Waals surface area contributed by atoms with Crippen molar-refractivity contribution >= 4 is 27.9 Å². The van der Waals surface area contributed by atoms with Crippen LogP contribution in [0.15, 0.2) is 0 Å². The van der Waals surface area contributed by atoms with E-state index < -0.39 is 5.91 Å². The van der Waals surface area contributed by atoms with Crippen LogP contribution >= 0.6 is 11.3 Å². The van der Waals surface area contributed by atoms with Crippen molar-refractivity contribution in [3.05, 3.63) is 10.4 Å². The van der Waals surface area contributed by atoms with Crippen LogP contribution in [0.3, 0.4) is 0 Å². The predicted octanol–water partition coefficient (Wildman–Crippen LogP) is 2.68. The highest BCUT2D eigenvalue weighted by atomic mass is 32.1. The molecule has 0 spiro atoms. The van der Waals surface area contributed by atoms with Crippen molar-refractivity contribution < 1.29 is 4.79 Å². The Hall–Kier alpha value is -1.74. The van der Waals surface area contributed by atoms with Gasteiger partial charge in [-0.05, 0) is 25.2 Å². The van der Waals surface area contributed by atoms with Crippen molar-refractivity contribution in [1.29, 1.82) is 5.26 Å². The molecule has 0 aromatic carbocycles. The molecule has 1 aromatic heterocycles. The molecule has 6 heteroatoms. The number of nitrogens with zero attached hydrogens (tertiary/aromatic N) is 1. The molecule has 2 rings (SSSR count). The second-order valence-corrected chi connectivity index (χ2v) is 6.50. The van der Waals surface area contributed by atoms with E-state index in [9.17, 15) is 4.79 Å². The van der Waals surface area contributed by atoms with Gasteiger partial charge in [-0.2, -0.15) is 5.26 Å². The van der Waals surface area contributed by atoms with E-state index >= 15 is 0 Å². The monoisotopic (exact) mass is 292 g/mol. The van der Waals surface area contributed by atoms with Crippen LogP contribution in [-0.4, -0.2) is 11.9 Å². The van der Waals surface area contributed by atoms with Gasteiger partial charge in [0.15, 0.2) is 0 Å². The maximum absolute atomic E-state index is 11.5. The summed E-state index contributed by atoms with van der Waals surface area (Å²) in [7, 11) is 0. The Balaban J connectivity index is 2.20. The number of anilines is 2. The first-order chi connectivity index (χ1) is 9.52. The van der Waals surface area contributed by atoms with Crippen LogP contribution in [0.5, 0.6) is 0 Å². The van der Waals surface area contributed by atoms with Gasteiger partial charge in [0, 0.05) is 6.04 Å². The lowest BCUT2D eigenvalue weighted by molar-refractivity contribution is 0.100. The molecule has 5 N–H and O–H groups in total. The van der Waals surface area contributed by atoms with Crippen LogP contribution < -0.4 is 16.8 Å². The first-order valence-corrected chi connectivity index (χ1v) is 7.73. The second kappa shape index (κ2) is 6.14. The average molecular weight is 292 g/mol. The maximum Gasteiger partial charge on any atom is 0.253 e. The van der Waals surface area contributed by atoms with Crippen LogP contribution in [0, 0.1) is 17.2 Å². The van der Waals surface area contributed by atoms with E-state index in [4.69, 9.17) is 16.7 Å². The number of carbonyl (C=O) groups excluding carboxylic acids is 1. The molecular weight excluding hydrogens is 272 g/mol. The van der Waals surface area contributed by atoms with Gasteiger partial charge in [0.2, 0.25) is 0 Å². The summed E-state index contributed by atoms with van der Waals surface area (Å²) in [6, 6.07) is 2.34.